The van der Waals surface area contributed by atoms with Gasteiger partial charge in [0.25, 0.3) is 0 Å². The number of rotatable bonds is 4. The third-order valence-corrected chi connectivity index (χ3v) is 5.66. The van der Waals surface area contributed by atoms with E-state index in [0.717, 1.165) is 49.4 Å². The second-order valence-corrected chi connectivity index (χ2v) is 7.37. The second kappa shape index (κ2) is 8.37. The molecule has 0 radical (unpaired) electrons. The van der Waals surface area contributed by atoms with Crippen molar-refractivity contribution in [1.82, 2.24) is 20.0 Å². The zero-order valence-electron chi connectivity index (χ0n) is 15.9. The summed E-state index contributed by atoms with van der Waals surface area (Å²) in [5.41, 5.74) is 1.92. The minimum Gasteiger partial charge on any atom is -0.355 e. The summed E-state index contributed by atoms with van der Waals surface area (Å²) in [6.07, 6.45) is 2.52. The lowest BCUT2D eigenvalue weighted by atomic mass is 9.95. The molecule has 4 rings (SSSR count). The topological polar surface area (TPSA) is 69.6 Å². The van der Waals surface area contributed by atoms with Crippen LogP contribution in [0.25, 0.3) is 11.3 Å². The van der Waals surface area contributed by atoms with Gasteiger partial charge in [0, 0.05) is 50.7 Å². The number of carbonyl (C=O) groups is 2. The Bertz CT molecular complexity index is 795. The molecular formula is C21H25N5O2. The number of anilines is 1. The summed E-state index contributed by atoms with van der Waals surface area (Å²) in [4.78, 5) is 29.4. The molecule has 0 saturated carbocycles. The van der Waals surface area contributed by atoms with Crippen LogP contribution in [0.15, 0.2) is 42.5 Å². The minimum atomic E-state index is 0.0654. The number of nitrogens with zero attached hydrogens (tertiary/aromatic N) is 5. The third kappa shape index (κ3) is 3.98. The van der Waals surface area contributed by atoms with Crippen LogP contribution in [0, 0.1) is 5.92 Å². The first-order chi connectivity index (χ1) is 13.7. The molecule has 2 amide bonds. The highest BCUT2D eigenvalue weighted by Gasteiger charge is 2.30. The molecule has 0 N–H and O–H groups in total. The monoisotopic (exact) mass is 379 g/mol. The van der Waals surface area contributed by atoms with Gasteiger partial charge in [-0.1, -0.05) is 30.3 Å². The zero-order chi connectivity index (χ0) is 19.3. The number of benzene rings is 1. The van der Waals surface area contributed by atoms with Crippen molar-refractivity contribution in [2.45, 2.75) is 12.8 Å². The molecule has 7 nitrogen and oxygen atoms in total. The summed E-state index contributed by atoms with van der Waals surface area (Å²) in [6, 6.07) is 14.0. The number of hydrogen-bond acceptors (Lipinski definition) is 5. The molecule has 2 fully saturated rings. The van der Waals surface area contributed by atoms with Crippen molar-refractivity contribution < 1.29 is 9.59 Å². The fourth-order valence-corrected chi connectivity index (χ4v) is 3.92. The summed E-state index contributed by atoms with van der Waals surface area (Å²) in [7, 11) is 0. The van der Waals surface area contributed by atoms with Gasteiger partial charge >= 0.3 is 0 Å². The Labute approximate surface area is 165 Å². The van der Waals surface area contributed by atoms with E-state index in [0.29, 0.717) is 26.2 Å². The van der Waals surface area contributed by atoms with Gasteiger partial charge in [-0.3, -0.25) is 9.59 Å². The highest BCUT2D eigenvalue weighted by atomic mass is 16.2. The Balaban J connectivity index is 1.31. The van der Waals surface area contributed by atoms with Crippen LogP contribution in [0.4, 0.5) is 5.82 Å². The van der Waals surface area contributed by atoms with Gasteiger partial charge in [0.2, 0.25) is 12.3 Å². The van der Waals surface area contributed by atoms with Crippen molar-refractivity contribution in [3.05, 3.63) is 42.5 Å². The van der Waals surface area contributed by atoms with Gasteiger partial charge in [0.15, 0.2) is 5.82 Å². The van der Waals surface area contributed by atoms with Gasteiger partial charge in [-0.2, -0.15) is 0 Å². The van der Waals surface area contributed by atoms with E-state index in [1.54, 1.807) is 4.90 Å². The molecule has 0 atom stereocenters. The first-order valence-corrected chi connectivity index (χ1v) is 9.87. The van der Waals surface area contributed by atoms with Crippen LogP contribution in [-0.4, -0.2) is 71.6 Å². The molecule has 28 heavy (non-hydrogen) atoms. The Morgan fingerprint density at radius 3 is 2.21 bits per heavy atom. The lowest BCUT2D eigenvalue weighted by Crippen LogP contribution is -2.51. The molecule has 0 spiro atoms. The average Bonchev–Trinajstić information content (AvgIpc) is 2.79. The van der Waals surface area contributed by atoms with Crippen LogP contribution in [-0.2, 0) is 9.59 Å². The van der Waals surface area contributed by atoms with Gasteiger partial charge in [0.05, 0.1) is 5.69 Å². The molecule has 2 saturated heterocycles. The Morgan fingerprint density at radius 1 is 0.893 bits per heavy atom. The Morgan fingerprint density at radius 2 is 1.61 bits per heavy atom. The van der Waals surface area contributed by atoms with E-state index in [-0.39, 0.29) is 11.8 Å². The summed E-state index contributed by atoms with van der Waals surface area (Å²) in [5, 5.41) is 8.77. The fourth-order valence-electron chi connectivity index (χ4n) is 3.92. The number of piperazine rings is 1. The van der Waals surface area contributed by atoms with E-state index in [1.807, 2.05) is 47.4 Å². The van der Waals surface area contributed by atoms with E-state index < -0.39 is 0 Å². The van der Waals surface area contributed by atoms with Crippen molar-refractivity contribution in [3.8, 4) is 11.3 Å². The molecule has 1 aromatic carbocycles. The van der Waals surface area contributed by atoms with E-state index in [9.17, 15) is 9.59 Å². The van der Waals surface area contributed by atoms with Crippen LogP contribution in [0.5, 0.6) is 0 Å². The van der Waals surface area contributed by atoms with E-state index in [4.69, 9.17) is 0 Å². The van der Waals surface area contributed by atoms with Crippen molar-refractivity contribution in [2.24, 2.45) is 5.92 Å². The van der Waals surface area contributed by atoms with Crippen molar-refractivity contribution in [2.75, 3.05) is 44.2 Å². The van der Waals surface area contributed by atoms with Crippen molar-refractivity contribution in [1.29, 1.82) is 0 Å². The van der Waals surface area contributed by atoms with Gasteiger partial charge in [-0.15, -0.1) is 10.2 Å². The van der Waals surface area contributed by atoms with Crippen LogP contribution >= 0.6 is 0 Å². The Hall–Kier alpha value is -2.96. The van der Waals surface area contributed by atoms with E-state index >= 15 is 0 Å². The fraction of sp³-hybridized carbons (Fsp3) is 0.429. The maximum absolute atomic E-state index is 12.8. The molecule has 2 aromatic rings. The predicted molar refractivity (Wildman–Crippen MR) is 107 cm³/mol. The third-order valence-electron chi connectivity index (χ3n) is 5.66. The first-order valence-electron chi connectivity index (χ1n) is 9.87. The summed E-state index contributed by atoms with van der Waals surface area (Å²) in [5.74, 6) is 1.16. The maximum atomic E-state index is 12.8. The molecule has 2 aliphatic rings. The van der Waals surface area contributed by atoms with Crippen LogP contribution in [0.1, 0.15) is 12.8 Å². The number of amides is 2. The normalized spacial score (nSPS) is 18.2. The molecular weight excluding hydrogens is 354 g/mol. The van der Waals surface area contributed by atoms with Gasteiger partial charge in [0.1, 0.15) is 0 Å². The number of hydrogen-bond donors (Lipinski definition) is 0. The van der Waals surface area contributed by atoms with Gasteiger partial charge < -0.3 is 14.7 Å². The second-order valence-electron chi connectivity index (χ2n) is 7.37. The first kappa shape index (κ1) is 18.4. The molecule has 0 aliphatic carbocycles. The van der Waals surface area contributed by atoms with E-state index in [2.05, 4.69) is 15.1 Å². The standard InChI is InChI=1S/C21H25N5O2/c27-16-24-12-14-26(15-13-24)21(28)18-8-10-25(11-9-18)20-7-6-19(22-23-20)17-4-2-1-3-5-17/h1-7,16,18H,8-15H2. The highest BCUT2D eigenvalue weighted by Crippen LogP contribution is 2.25. The molecule has 3 heterocycles. The summed E-state index contributed by atoms with van der Waals surface area (Å²) >= 11 is 0. The molecule has 146 valence electrons. The smallest absolute Gasteiger partial charge is 0.225 e. The molecule has 0 bridgehead atoms. The quantitative estimate of drug-likeness (QED) is 0.756. The maximum Gasteiger partial charge on any atom is 0.225 e. The predicted octanol–water partition coefficient (Wildman–Crippen LogP) is 1.66. The lowest BCUT2D eigenvalue weighted by Gasteiger charge is -2.37. The molecule has 2 aliphatic heterocycles. The highest BCUT2D eigenvalue weighted by molar-refractivity contribution is 5.79. The SMILES string of the molecule is O=CN1CCN(C(=O)C2CCN(c3ccc(-c4ccccc4)nn3)CC2)CC1. The average molecular weight is 379 g/mol. The number of aromatic nitrogens is 2. The Kier molecular flexibility index (Phi) is 5.50. The zero-order valence-corrected chi connectivity index (χ0v) is 15.9. The van der Waals surface area contributed by atoms with Gasteiger partial charge in [-0.25, -0.2) is 0 Å². The molecule has 1 aromatic heterocycles. The van der Waals surface area contributed by atoms with E-state index in [1.165, 1.54) is 0 Å². The van der Waals surface area contributed by atoms with Crippen LogP contribution in [0.3, 0.4) is 0 Å². The summed E-state index contributed by atoms with van der Waals surface area (Å²) in [6.45, 7) is 4.18. The molecule has 0 unspecified atom stereocenters. The van der Waals surface area contributed by atoms with Crippen LogP contribution in [0.2, 0.25) is 0 Å². The lowest BCUT2D eigenvalue weighted by molar-refractivity contribution is -0.139. The minimum absolute atomic E-state index is 0.0654. The molecule has 7 heteroatoms. The largest absolute Gasteiger partial charge is 0.355 e. The van der Waals surface area contributed by atoms with Crippen molar-refractivity contribution >= 4 is 18.1 Å². The number of piperidine rings is 1. The van der Waals surface area contributed by atoms with Crippen LogP contribution < -0.4 is 4.90 Å². The number of carbonyl (C=O) groups excluding carboxylic acids is 2. The van der Waals surface area contributed by atoms with Crippen molar-refractivity contribution in [3.63, 3.8) is 0 Å². The van der Waals surface area contributed by atoms with Gasteiger partial charge in [-0.05, 0) is 25.0 Å². The summed E-state index contributed by atoms with van der Waals surface area (Å²) < 4.78 is 0.